The van der Waals surface area contributed by atoms with Crippen molar-refractivity contribution in [2.24, 2.45) is 0 Å². The molecule has 0 saturated heterocycles. The molecule has 0 aromatic heterocycles. The van der Waals surface area contributed by atoms with Crippen LogP contribution in [0.1, 0.15) is 18.1 Å². The van der Waals surface area contributed by atoms with Gasteiger partial charge in [-0.25, -0.2) is 0 Å². The molecule has 0 fully saturated rings. The summed E-state index contributed by atoms with van der Waals surface area (Å²) in [5, 5.41) is 0. The normalized spacial score (nSPS) is 13.8. The van der Waals surface area contributed by atoms with Gasteiger partial charge in [0.2, 0.25) is 0 Å². The van der Waals surface area contributed by atoms with E-state index in [1.54, 1.807) is 6.92 Å². The average Bonchev–Trinajstić information content (AvgIpc) is 2.47. The molecule has 0 heterocycles. The highest BCUT2D eigenvalue weighted by Gasteiger charge is 2.26. The van der Waals surface area contributed by atoms with E-state index in [2.05, 4.69) is 0 Å². The van der Waals surface area contributed by atoms with Crippen molar-refractivity contribution < 1.29 is 9.53 Å². The molecule has 0 amide bonds. The van der Waals surface area contributed by atoms with Crippen LogP contribution >= 0.6 is 0 Å². The van der Waals surface area contributed by atoms with Gasteiger partial charge in [-0.3, -0.25) is 4.79 Å². The van der Waals surface area contributed by atoms with Crippen molar-refractivity contribution in [1.82, 2.24) is 0 Å². The van der Waals surface area contributed by atoms with Crippen LogP contribution in [0.15, 0.2) is 60.7 Å². The second kappa shape index (κ2) is 5.61. The highest BCUT2D eigenvalue weighted by atomic mass is 16.5. The first kappa shape index (κ1) is 12.5. The summed E-state index contributed by atoms with van der Waals surface area (Å²) in [7, 11) is 0. The molecule has 0 radical (unpaired) electrons. The molecule has 0 saturated carbocycles. The molecule has 0 aliphatic heterocycles. The molecule has 92 valence electrons. The third kappa shape index (κ3) is 2.84. The standard InChI is InChI=1S/C16H16O2/c1-16(13-17,15-10-6-3-7-11-15)18-12-14-8-4-2-5-9-14/h2-11,13H,12H2,1H3/t16-/m0/s1. The maximum atomic E-state index is 11.3. The van der Waals surface area contributed by atoms with Gasteiger partial charge in [0.1, 0.15) is 5.60 Å². The minimum absolute atomic E-state index is 0.422. The number of carbonyl (C=O) groups is 1. The van der Waals surface area contributed by atoms with Gasteiger partial charge >= 0.3 is 0 Å². The van der Waals surface area contributed by atoms with Crippen molar-refractivity contribution in [1.29, 1.82) is 0 Å². The van der Waals surface area contributed by atoms with Gasteiger partial charge < -0.3 is 4.74 Å². The van der Waals surface area contributed by atoms with Crippen LogP contribution < -0.4 is 0 Å². The minimum atomic E-state index is -0.892. The maximum absolute atomic E-state index is 11.3. The lowest BCUT2D eigenvalue weighted by Crippen LogP contribution is -2.27. The fourth-order valence-corrected chi connectivity index (χ4v) is 1.76. The zero-order valence-corrected chi connectivity index (χ0v) is 10.4. The highest BCUT2D eigenvalue weighted by molar-refractivity contribution is 5.65. The van der Waals surface area contributed by atoms with Crippen LogP contribution in [0.3, 0.4) is 0 Å². The molecule has 0 N–H and O–H groups in total. The zero-order chi connectivity index (χ0) is 12.8. The Morgan fingerprint density at radius 3 is 2.11 bits per heavy atom. The number of hydrogen-bond acceptors (Lipinski definition) is 2. The Hall–Kier alpha value is -1.93. The monoisotopic (exact) mass is 240 g/mol. The van der Waals surface area contributed by atoms with Gasteiger partial charge in [0.15, 0.2) is 6.29 Å². The number of aldehydes is 1. The second-order valence-corrected chi connectivity index (χ2v) is 4.37. The number of carbonyl (C=O) groups excluding carboxylic acids is 1. The largest absolute Gasteiger partial charge is 0.358 e. The molecule has 2 aromatic rings. The predicted octanol–water partition coefficient (Wildman–Crippen LogP) is 3.32. The first-order valence-corrected chi connectivity index (χ1v) is 5.94. The van der Waals surface area contributed by atoms with Crippen LogP contribution in [0.5, 0.6) is 0 Å². The van der Waals surface area contributed by atoms with Gasteiger partial charge in [0, 0.05) is 0 Å². The van der Waals surface area contributed by atoms with Crippen molar-refractivity contribution in [2.45, 2.75) is 19.1 Å². The quantitative estimate of drug-likeness (QED) is 0.749. The van der Waals surface area contributed by atoms with E-state index in [9.17, 15) is 4.79 Å². The Morgan fingerprint density at radius 1 is 1.00 bits per heavy atom. The van der Waals surface area contributed by atoms with E-state index in [1.807, 2.05) is 60.7 Å². The molecule has 2 rings (SSSR count). The lowest BCUT2D eigenvalue weighted by atomic mass is 9.97. The van der Waals surface area contributed by atoms with Gasteiger partial charge in [0.05, 0.1) is 6.61 Å². The molecule has 2 nitrogen and oxygen atoms in total. The number of hydrogen-bond donors (Lipinski definition) is 0. The van der Waals surface area contributed by atoms with E-state index >= 15 is 0 Å². The zero-order valence-electron chi connectivity index (χ0n) is 10.4. The predicted molar refractivity (Wildman–Crippen MR) is 71.1 cm³/mol. The summed E-state index contributed by atoms with van der Waals surface area (Å²) >= 11 is 0. The molecule has 0 unspecified atom stereocenters. The van der Waals surface area contributed by atoms with Crippen molar-refractivity contribution in [3.05, 3.63) is 71.8 Å². The first-order valence-electron chi connectivity index (χ1n) is 5.94. The van der Waals surface area contributed by atoms with Gasteiger partial charge in [-0.05, 0) is 18.1 Å². The van der Waals surface area contributed by atoms with Crippen molar-refractivity contribution >= 4 is 6.29 Å². The van der Waals surface area contributed by atoms with E-state index in [1.165, 1.54) is 0 Å². The Labute approximate surface area is 107 Å². The molecule has 2 heteroatoms. The molecule has 0 aliphatic carbocycles. The molecule has 0 aliphatic rings. The topological polar surface area (TPSA) is 26.3 Å². The fraction of sp³-hybridized carbons (Fsp3) is 0.188. The number of benzene rings is 2. The van der Waals surface area contributed by atoms with Gasteiger partial charge in [-0.2, -0.15) is 0 Å². The fourth-order valence-electron chi connectivity index (χ4n) is 1.76. The Kier molecular flexibility index (Phi) is 3.90. The average molecular weight is 240 g/mol. The molecular weight excluding hydrogens is 224 g/mol. The van der Waals surface area contributed by atoms with Gasteiger partial charge in [-0.1, -0.05) is 60.7 Å². The molecule has 18 heavy (non-hydrogen) atoms. The SMILES string of the molecule is C[C@@](C=O)(OCc1ccccc1)c1ccccc1. The molecule has 2 aromatic carbocycles. The van der Waals surface area contributed by atoms with Crippen LogP contribution in [-0.2, 0) is 21.7 Å². The summed E-state index contributed by atoms with van der Waals surface area (Å²) in [6.07, 6.45) is 0.852. The Balaban J connectivity index is 2.12. The number of rotatable bonds is 5. The summed E-state index contributed by atoms with van der Waals surface area (Å²) in [6, 6.07) is 19.4. The highest BCUT2D eigenvalue weighted by Crippen LogP contribution is 2.24. The van der Waals surface area contributed by atoms with E-state index in [0.717, 1.165) is 17.4 Å². The summed E-state index contributed by atoms with van der Waals surface area (Å²) in [5.74, 6) is 0. The summed E-state index contributed by atoms with van der Waals surface area (Å²) < 4.78 is 5.78. The van der Waals surface area contributed by atoms with Crippen LogP contribution in [-0.4, -0.2) is 6.29 Å². The maximum Gasteiger partial charge on any atom is 0.156 e. The number of ether oxygens (including phenoxy) is 1. The van der Waals surface area contributed by atoms with Crippen LogP contribution in [0.4, 0.5) is 0 Å². The van der Waals surface area contributed by atoms with E-state index in [0.29, 0.717) is 6.61 Å². The molecule has 1 atom stereocenters. The smallest absolute Gasteiger partial charge is 0.156 e. The van der Waals surface area contributed by atoms with Gasteiger partial charge in [-0.15, -0.1) is 0 Å². The minimum Gasteiger partial charge on any atom is -0.358 e. The molecule has 0 bridgehead atoms. The lowest BCUT2D eigenvalue weighted by Gasteiger charge is -2.24. The molecular formula is C16H16O2. The first-order chi connectivity index (χ1) is 8.74. The second-order valence-electron chi connectivity index (χ2n) is 4.37. The van der Waals surface area contributed by atoms with Crippen LogP contribution in [0.25, 0.3) is 0 Å². The van der Waals surface area contributed by atoms with Crippen LogP contribution in [0.2, 0.25) is 0 Å². The van der Waals surface area contributed by atoms with E-state index < -0.39 is 5.60 Å². The summed E-state index contributed by atoms with van der Waals surface area (Å²) in [6.45, 7) is 2.21. The van der Waals surface area contributed by atoms with Crippen molar-refractivity contribution in [3.8, 4) is 0 Å². The Bertz CT molecular complexity index is 493. The van der Waals surface area contributed by atoms with E-state index in [4.69, 9.17) is 4.74 Å². The Morgan fingerprint density at radius 2 is 1.56 bits per heavy atom. The van der Waals surface area contributed by atoms with E-state index in [-0.39, 0.29) is 0 Å². The van der Waals surface area contributed by atoms with Crippen LogP contribution in [0, 0.1) is 0 Å². The van der Waals surface area contributed by atoms with Gasteiger partial charge in [0.25, 0.3) is 0 Å². The van der Waals surface area contributed by atoms with Crippen molar-refractivity contribution in [3.63, 3.8) is 0 Å². The lowest BCUT2D eigenvalue weighted by molar-refractivity contribution is -0.132. The third-order valence-electron chi connectivity index (χ3n) is 2.95. The summed E-state index contributed by atoms with van der Waals surface area (Å²) in [5.41, 5.74) is 1.04. The molecule has 0 spiro atoms. The van der Waals surface area contributed by atoms with Crippen molar-refractivity contribution in [2.75, 3.05) is 0 Å². The summed E-state index contributed by atoms with van der Waals surface area (Å²) in [4.78, 5) is 11.3. The third-order valence-corrected chi connectivity index (χ3v) is 2.95.